The van der Waals surface area contributed by atoms with Crippen molar-refractivity contribution in [3.05, 3.63) is 35.6 Å². The van der Waals surface area contributed by atoms with E-state index in [2.05, 4.69) is 31.6 Å². The van der Waals surface area contributed by atoms with Crippen LogP contribution in [-0.4, -0.2) is 17.8 Å². The summed E-state index contributed by atoms with van der Waals surface area (Å²) >= 11 is 0. The fraction of sp³-hybridized carbons (Fsp3) is 0.652. The van der Waals surface area contributed by atoms with Gasteiger partial charge in [0, 0.05) is 11.8 Å². The largest absolute Gasteiger partial charge is 0.501 e. The Morgan fingerprint density at radius 2 is 2.20 bits per heavy atom. The standard InChI is InChI=1S/C23H30O2/c1-5-22-12-11-19-18-10-8-17(25-4)14-16(18)7-9-20(19)21(22)13-15(3)23(22,24)6-2/h2,7,14,18-21,24H,3,5,8-13H2,1,4H3/t18?,19-,20-,21+,22+,23+/m1/s1. The summed E-state index contributed by atoms with van der Waals surface area (Å²) in [4.78, 5) is 0. The number of hydrogen-bond donors (Lipinski definition) is 1. The molecule has 1 unspecified atom stereocenters. The van der Waals surface area contributed by atoms with Crippen molar-refractivity contribution in [1.29, 1.82) is 0 Å². The number of terminal acetylenes is 1. The summed E-state index contributed by atoms with van der Waals surface area (Å²) in [5.41, 5.74) is 1.07. The Labute approximate surface area is 152 Å². The van der Waals surface area contributed by atoms with Crippen LogP contribution in [0.5, 0.6) is 0 Å². The summed E-state index contributed by atoms with van der Waals surface area (Å²) in [6.07, 6.45) is 17.9. The van der Waals surface area contributed by atoms with E-state index in [1.165, 1.54) is 18.4 Å². The van der Waals surface area contributed by atoms with E-state index in [9.17, 15) is 5.11 Å². The predicted octanol–water partition coefficient (Wildman–Crippen LogP) is 4.62. The zero-order valence-electron chi connectivity index (χ0n) is 15.6. The van der Waals surface area contributed by atoms with E-state index in [0.717, 1.165) is 43.4 Å². The number of ether oxygens (including phenoxy) is 1. The first-order chi connectivity index (χ1) is 12.0. The fourth-order valence-corrected chi connectivity index (χ4v) is 6.81. The normalized spacial score (nSPS) is 45.4. The lowest BCUT2D eigenvalue weighted by Gasteiger charge is -2.54. The second-order valence-electron chi connectivity index (χ2n) is 8.54. The van der Waals surface area contributed by atoms with Gasteiger partial charge in [0.25, 0.3) is 0 Å². The van der Waals surface area contributed by atoms with Gasteiger partial charge in [-0.2, -0.15) is 0 Å². The predicted molar refractivity (Wildman–Crippen MR) is 100 cm³/mol. The van der Waals surface area contributed by atoms with Crippen LogP contribution in [0.15, 0.2) is 35.6 Å². The molecule has 1 N–H and O–H groups in total. The average Bonchev–Trinajstić information content (AvgIpc) is 2.89. The quantitative estimate of drug-likeness (QED) is 0.588. The Bertz CT molecular complexity index is 693. The van der Waals surface area contributed by atoms with Gasteiger partial charge in [0.1, 0.15) is 0 Å². The van der Waals surface area contributed by atoms with Crippen LogP contribution in [0.1, 0.15) is 51.9 Å². The topological polar surface area (TPSA) is 29.5 Å². The molecule has 0 spiro atoms. The summed E-state index contributed by atoms with van der Waals surface area (Å²) in [6, 6.07) is 0. The van der Waals surface area contributed by atoms with Gasteiger partial charge in [-0.1, -0.05) is 25.5 Å². The van der Waals surface area contributed by atoms with Crippen molar-refractivity contribution >= 4 is 0 Å². The molecule has 0 saturated heterocycles. The van der Waals surface area contributed by atoms with Gasteiger partial charge in [-0.25, -0.2) is 0 Å². The molecule has 4 rings (SSSR count). The zero-order chi connectivity index (χ0) is 17.8. The number of fused-ring (bicyclic) bond motifs is 5. The van der Waals surface area contributed by atoms with Crippen LogP contribution in [0.4, 0.5) is 0 Å². The van der Waals surface area contributed by atoms with E-state index in [0.29, 0.717) is 23.7 Å². The number of allylic oxidation sites excluding steroid dienone is 4. The summed E-state index contributed by atoms with van der Waals surface area (Å²) in [6.45, 7) is 6.40. The van der Waals surface area contributed by atoms with Crippen molar-refractivity contribution in [2.45, 2.75) is 57.5 Å². The third-order valence-corrected chi connectivity index (χ3v) is 8.10. The molecule has 0 heterocycles. The smallest absolute Gasteiger partial charge is 0.152 e. The van der Waals surface area contributed by atoms with E-state index >= 15 is 0 Å². The lowest BCUT2D eigenvalue weighted by molar-refractivity contribution is -0.0860. The molecule has 6 atom stereocenters. The van der Waals surface area contributed by atoms with Crippen molar-refractivity contribution in [2.24, 2.45) is 29.1 Å². The lowest BCUT2D eigenvalue weighted by Crippen LogP contribution is -2.53. The Kier molecular flexibility index (Phi) is 3.92. The van der Waals surface area contributed by atoms with Crippen molar-refractivity contribution < 1.29 is 9.84 Å². The summed E-state index contributed by atoms with van der Waals surface area (Å²) < 4.78 is 5.49. The SMILES string of the molecule is C#C[C@]1(O)C(=C)C[C@H]2[C@@H]3CC=C4C=C(OC)CCC4[C@H]3CC[C@@]21CC. The first-order valence-corrected chi connectivity index (χ1v) is 9.83. The zero-order valence-corrected chi connectivity index (χ0v) is 15.6. The van der Waals surface area contributed by atoms with Crippen LogP contribution in [0.3, 0.4) is 0 Å². The van der Waals surface area contributed by atoms with Crippen molar-refractivity contribution in [3.63, 3.8) is 0 Å². The minimum atomic E-state index is -1.11. The summed E-state index contributed by atoms with van der Waals surface area (Å²) in [5, 5.41) is 11.3. The van der Waals surface area contributed by atoms with E-state index in [-0.39, 0.29) is 5.41 Å². The molecule has 0 bridgehead atoms. The second kappa shape index (κ2) is 5.78. The third-order valence-electron chi connectivity index (χ3n) is 8.10. The highest BCUT2D eigenvalue weighted by atomic mass is 16.5. The first-order valence-electron chi connectivity index (χ1n) is 9.83. The molecule has 0 aromatic rings. The van der Waals surface area contributed by atoms with Crippen LogP contribution in [0.2, 0.25) is 0 Å². The molecule has 4 aliphatic carbocycles. The van der Waals surface area contributed by atoms with Crippen LogP contribution in [0.25, 0.3) is 0 Å². The molecular weight excluding hydrogens is 308 g/mol. The van der Waals surface area contributed by atoms with Crippen LogP contribution < -0.4 is 0 Å². The molecule has 4 aliphatic rings. The molecule has 25 heavy (non-hydrogen) atoms. The number of rotatable bonds is 2. The maximum Gasteiger partial charge on any atom is 0.152 e. The minimum absolute atomic E-state index is 0.173. The lowest BCUT2D eigenvalue weighted by atomic mass is 9.50. The fourth-order valence-electron chi connectivity index (χ4n) is 6.81. The third kappa shape index (κ3) is 2.08. The number of methoxy groups -OCH3 is 1. The summed E-state index contributed by atoms with van der Waals surface area (Å²) in [5.74, 6) is 6.34. The van der Waals surface area contributed by atoms with Crippen molar-refractivity contribution in [1.82, 2.24) is 0 Å². The Morgan fingerprint density at radius 1 is 1.40 bits per heavy atom. The van der Waals surface area contributed by atoms with Gasteiger partial charge in [0.15, 0.2) is 5.60 Å². The van der Waals surface area contributed by atoms with Gasteiger partial charge in [-0.15, -0.1) is 6.42 Å². The molecule has 134 valence electrons. The molecule has 2 fully saturated rings. The summed E-state index contributed by atoms with van der Waals surface area (Å²) in [7, 11) is 1.78. The van der Waals surface area contributed by atoms with Crippen LogP contribution in [-0.2, 0) is 4.74 Å². The van der Waals surface area contributed by atoms with Crippen molar-refractivity contribution in [2.75, 3.05) is 7.11 Å². The molecule has 0 amide bonds. The van der Waals surface area contributed by atoms with E-state index < -0.39 is 5.60 Å². The Balaban J connectivity index is 1.71. The molecule has 2 nitrogen and oxygen atoms in total. The molecule has 0 aliphatic heterocycles. The number of aliphatic hydroxyl groups is 1. The van der Waals surface area contributed by atoms with Gasteiger partial charge >= 0.3 is 0 Å². The molecule has 0 radical (unpaired) electrons. The molecule has 0 aromatic carbocycles. The van der Waals surface area contributed by atoms with E-state index in [4.69, 9.17) is 11.2 Å². The highest BCUT2D eigenvalue weighted by molar-refractivity contribution is 5.40. The highest BCUT2D eigenvalue weighted by Crippen LogP contribution is 2.66. The maximum absolute atomic E-state index is 11.3. The second-order valence-corrected chi connectivity index (χ2v) is 8.54. The van der Waals surface area contributed by atoms with Gasteiger partial charge in [0.05, 0.1) is 12.9 Å². The van der Waals surface area contributed by atoms with Gasteiger partial charge in [-0.3, -0.25) is 0 Å². The Hall–Kier alpha value is -1.46. The van der Waals surface area contributed by atoms with Crippen LogP contribution >= 0.6 is 0 Å². The van der Waals surface area contributed by atoms with Crippen LogP contribution in [0, 0.1) is 41.4 Å². The molecule has 2 heteroatoms. The highest BCUT2D eigenvalue weighted by Gasteiger charge is 2.64. The average molecular weight is 338 g/mol. The monoisotopic (exact) mass is 338 g/mol. The van der Waals surface area contributed by atoms with Crippen molar-refractivity contribution in [3.8, 4) is 12.3 Å². The van der Waals surface area contributed by atoms with Gasteiger partial charge in [-0.05, 0) is 79.4 Å². The minimum Gasteiger partial charge on any atom is -0.501 e. The molecule has 2 saturated carbocycles. The Morgan fingerprint density at radius 3 is 2.88 bits per heavy atom. The van der Waals surface area contributed by atoms with E-state index in [1.807, 2.05) is 0 Å². The first kappa shape index (κ1) is 17.0. The van der Waals surface area contributed by atoms with E-state index in [1.54, 1.807) is 7.11 Å². The number of hydrogen-bond acceptors (Lipinski definition) is 2. The maximum atomic E-state index is 11.3. The molecule has 0 aromatic heterocycles. The van der Waals surface area contributed by atoms with Gasteiger partial charge in [0.2, 0.25) is 0 Å². The molecular formula is C23H30O2. The van der Waals surface area contributed by atoms with Gasteiger partial charge < -0.3 is 9.84 Å².